The maximum atomic E-state index is 14.2. The lowest BCUT2D eigenvalue weighted by atomic mass is 10.0. The summed E-state index contributed by atoms with van der Waals surface area (Å²) in [6, 6.07) is 4.39. The number of nitrogens with zero attached hydrogens (tertiary/aromatic N) is 3. The SMILES string of the molecule is CCCn1c(=O)[nH]c(=O)c2c(C(=O)NC(C#N)c3ccc(F)cc3F)cc(C(C)C)nc21. The van der Waals surface area contributed by atoms with Gasteiger partial charge in [0.25, 0.3) is 11.5 Å². The van der Waals surface area contributed by atoms with Crippen LogP contribution >= 0.6 is 0 Å². The Morgan fingerprint density at radius 2 is 2.00 bits per heavy atom. The lowest BCUT2D eigenvalue weighted by Gasteiger charge is -2.16. The number of pyridine rings is 1. The molecule has 166 valence electrons. The van der Waals surface area contributed by atoms with Gasteiger partial charge in [0.05, 0.1) is 17.0 Å². The van der Waals surface area contributed by atoms with Crippen LogP contribution in [-0.4, -0.2) is 20.4 Å². The van der Waals surface area contributed by atoms with E-state index in [9.17, 15) is 28.4 Å². The average Bonchev–Trinajstić information content (AvgIpc) is 2.74. The number of hydrogen-bond donors (Lipinski definition) is 2. The molecular weight excluding hydrogens is 420 g/mol. The summed E-state index contributed by atoms with van der Waals surface area (Å²) in [4.78, 5) is 44.7. The summed E-state index contributed by atoms with van der Waals surface area (Å²) in [6.07, 6.45) is 0.580. The van der Waals surface area contributed by atoms with Crippen LogP contribution in [0.25, 0.3) is 11.0 Å². The molecule has 0 saturated heterocycles. The molecule has 1 amide bonds. The van der Waals surface area contributed by atoms with Crippen molar-refractivity contribution >= 4 is 16.9 Å². The van der Waals surface area contributed by atoms with Gasteiger partial charge in [-0.1, -0.05) is 26.8 Å². The number of carbonyl (C=O) groups is 1. The van der Waals surface area contributed by atoms with Crippen molar-refractivity contribution in [2.24, 2.45) is 0 Å². The van der Waals surface area contributed by atoms with E-state index in [4.69, 9.17) is 0 Å². The number of amides is 1. The second kappa shape index (κ2) is 9.09. The van der Waals surface area contributed by atoms with Gasteiger partial charge in [-0.05, 0) is 24.5 Å². The molecule has 8 nitrogen and oxygen atoms in total. The summed E-state index contributed by atoms with van der Waals surface area (Å²) in [5, 5.41) is 11.7. The first kappa shape index (κ1) is 22.8. The van der Waals surface area contributed by atoms with Gasteiger partial charge in [0.1, 0.15) is 17.7 Å². The molecule has 32 heavy (non-hydrogen) atoms. The fourth-order valence-corrected chi connectivity index (χ4v) is 3.32. The van der Waals surface area contributed by atoms with Crippen LogP contribution < -0.4 is 16.6 Å². The summed E-state index contributed by atoms with van der Waals surface area (Å²) >= 11 is 0. The molecule has 3 aromatic rings. The fraction of sp³-hybridized carbons (Fsp3) is 0.318. The lowest BCUT2D eigenvalue weighted by Crippen LogP contribution is -2.34. The minimum absolute atomic E-state index is 0.0541. The number of nitrogens with one attached hydrogen (secondary N) is 2. The Hall–Kier alpha value is -3.87. The molecule has 1 unspecified atom stereocenters. The van der Waals surface area contributed by atoms with Crippen LogP contribution in [0.2, 0.25) is 0 Å². The van der Waals surface area contributed by atoms with Gasteiger partial charge >= 0.3 is 5.69 Å². The summed E-state index contributed by atoms with van der Waals surface area (Å²) < 4.78 is 28.7. The van der Waals surface area contributed by atoms with E-state index in [1.165, 1.54) is 10.6 Å². The second-order valence-corrected chi connectivity index (χ2v) is 7.56. The molecule has 1 aromatic carbocycles. The zero-order chi connectivity index (χ0) is 23.6. The monoisotopic (exact) mass is 441 g/mol. The third kappa shape index (κ3) is 4.27. The quantitative estimate of drug-likeness (QED) is 0.609. The van der Waals surface area contributed by atoms with Crippen LogP contribution in [0, 0.1) is 23.0 Å². The Labute approximate surface area is 181 Å². The molecule has 1 atom stereocenters. The number of hydrogen-bond acceptors (Lipinski definition) is 5. The van der Waals surface area contributed by atoms with E-state index in [0.29, 0.717) is 18.2 Å². The number of fused-ring (bicyclic) bond motifs is 1. The Balaban J connectivity index is 2.19. The van der Waals surface area contributed by atoms with Crippen molar-refractivity contribution in [2.75, 3.05) is 0 Å². The Morgan fingerprint density at radius 3 is 2.59 bits per heavy atom. The molecule has 0 fully saturated rings. The van der Waals surface area contributed by atoms with Gasteiger partial charge in [-0.25, -0.2) is 18.6 Å². The predicted octanol–water partition coefficient (Wildman–Crippen LogP) is 2.89. The molecule has 0 saturated carbocycles. The maximum absolute atomic E-state index is 14.2. The van der Waals surface area contributed by atoms with Gasteiger partial charge < -0.3 is 5.32 Å². The van der Waals surface area contributed by atoms with Gasteiger partial charge in [0, 0.05) is 23.9 Å². The average molecular weight is 441 g/mol. The number of benzene rings is 1. The van der Waals surface area contributed by atoms with Crippen molar-refractivity contribution in [2.45, 2.75) is 45.7 Å². The molecule has 0 aliphatic rings. The van der Waals surface area contributed by atoms with Crippen LogP contribution in [0.15, 0.2) is 33.9 Å². The third-order valence-electron chi connectivity index (χ3n) is 4.93. The van der Waals surface area contributed by atoms with E-state index < -0.39 is 34.8 Å². The van der Waals surface area contributed by atoms with Crippen molar-refractivity contribution in [3.8, 4) is 6.07 Å². The summed E-state index contributed by atoms with van der Waals surface area (Å²) in [6.45, 7) is 5.77. The van der Waals surface area contributed by atoms with Crippen LogP contribution in [0.5, 0.6) is 0 Å². The van der Waals surface area contributed by atoms with Gasteiger partial charge in [0.15, 0.2) is 5.65 Å². The molecule has 10 heteroatoms. The molecule has 0 spiro atoms. The number of nitriles is 1. The van der Waals surface area contributed by atoms with Crippen LogP contribution in [0.1, 0.15) is 60.8 Å². The van der Waals surface area contributed by atoms with E-state index in [0.717, 1.165) is 12.1 Å². The second-order valence-electron chi connectivity index (χ2n) is 7.56. The van der Waals surface area contributed by atoms with Crippen LogP contribution in [0.3, 0.4) is 0 Å². The van der Waals surface area contributed by atoms with E-state index in [1.807, 2.05) is 20.8 Å². The van der Waals surface area contributed by atoms with Crippen LogP contribution in [-0.2, 0) is 6.54 Å². The maximum Gasteiger partial charge on any atom is 0.329 e. The summed E-state index contributed by atoms with van der Waals surface area (Å²) in [7, 11) is 0. The van der Waals surface area contributed by atoms with Crippen molar-refractivity contribution in [3.63, 3.8) is 0 Å². The number of rotatable bonds is 6. The molecule has 2 N–H and O–H groups in total. The molecule has 0 aliphatic carbocycles. The van der Waals surface area contributed by atoms with Crippen molar-refractivity contribution in [1.82, 2.24) is 19.9 Å². The highest BCUT2D eigenvalue weighted by molar-refractivity contribution is 6.05. The lowest BCUT2D eigenvalue weighted by molar-refractivity contribution is 0.0946. The minimum Gasteiger partial charge on any atom is -0.332 e. The highest BCUT2D eigenvalue weighted by Gasteiger charge is 2.24. The van der Waals surface area contributed by atoms with Gasteiger partial charge in [0.2, 0.25) is 0 Å². The number of aromatic nitrogens is 3. The number of aryl methyl sites for hydroxylation is 1. The highest BCUT2D eigenvalue weighted by Crippen LogP contribution is 2.22. The van der Waals surface area contributed by atoms with Gasteiger partial charge in [-0.2, -0.15) is 5.26 Å². The molecule has 0 bridgehead atoms. The topological polar surface area (TPSA) is 121 Å². The van der Waals surface area contributed by atoms with Gasteiger partial charge in [-0.3, -0.25) is 19.1 Å². The smallest absolute Gasteiger partial charge is 0.329 e. The summed E-state index contributed by atoms with van der Waals surface area (Å²) in [5.41, 5.74) is -1.26. The van der Waals surface area contributed by atoms with E-state index in [1.54, 1.807) is 6.07 Å². The molecule has 0 radical (unpaired) electrons. The summed E-state index contributed by atoms with van der Waals surface area (Å²) in [5.74, 6) is -2.79. The van der Waals surface area contributed by atoms with Crippen molar-refractivity contribution < 1.29 is 13.6 Å². The van der Waals surface area contributed by atoms with E-state index in [2.05, 4.69) is 15.3 Å². The normalized spacial score (nSPS) is 12.0. The largest absolute Gasteiger partial charge is 0.332 e. The molecule has 2 aromatic heterocycles. The molecular formula is C22H21F2N5O3. The van der Waals surface area contributed by atoms with Gasteiger partial charge in [-0.15, -0.1) is 0 Å². The Kier molecular flexibility index (Phi) is 6.48. The first-order valence-electron chi connectivity index (χ1n) is 10.0. The number of aromatic amines is 1. The molecule has 2 heterocycles. The zero-order valence-electron chi connectivity index (χ0n) is 17.7. The molecule has 3 rings (SSSR count). The fourth-order valence-electron chi connectivity index (χ4n) is 3.32. The first-order valence-corrected chi connectivity index (χ1v) is 10.0. The number of carbonyl (C=O) groups excluding carboxylic acids is 1. The Morgan fingerprint density at radius 1 is 1.28 bits per heavy atom. The zero-order valence-corrected chi connectivity index (χ0v) is 17.7. The predicted molar refractivity (Wildman–Crippen MR) is 113 cm³/mol. The standard InChI is InChI=1S/C22H21F2N5O3/c1-4-7-29-19-18(21(31)28-22(29)32)14(9-16(26-19)11(2)3)20(30)27-17(10-25)13-6-5-12(23)8-15(13)24/h5-6,8-9,11,17H,4,7H2,1-3H3,(H,27,30)(H,28,31,32). The van der Waals surface area contributed by atoms with E-state index >= 15 is 0 Å². The molecule has 0 aliphatic heterocycles. The van der Waals surface area contributed by atoms with Crippen molar-refractivity contribution in [1.29, 1.82) is 5.26 Å². The number of H-pyrrole nitrogens is 1. The first-order chi connectivity index (χ1) is 15.2. The third-order valence-corrected chi connectivity index (χ3v) is 4.93. The highest BCUT2D eigenvalue weighted by atomic mass is 19.1. The van der Waals surface area contributed by atoms with E-state index in [-0.39, 0.29) is 34.6 Å². The minimum atomic E-state index is -1.44. The van der Waals surface area contributed by atoms with Crippen molar-refractivity contribution in [3.05, 3.63) is 73.6 Å². The van der Waals surface area contributed by atoms with Crippen LogP contribution in [0.4, 0.5) is 8.78 Å². The Bertz CT molecular complexity index is 1350. The number of halogens is 2.